The minimum atomic E-state index is -4.50. The molecule has 1 spiro atoms. The predicted octanol–water partition coefficient (Wildman–Crippen LogP) is 24.1. The van der Waals surface area contributed by atoms with Crippen molar-refractivity contribution in [2.24, 2.45) is 86.6 Å². The molecule has 0 aromatic rings. The summed E-state index contributed by atoms with van der Waals surface area (Å²) in [6.07, 6.45) is 10.3. The summed E-state index contributed by atoms with van der Waals surface area (Å²) in [5, 5.41) is 122. The Morgan fingerprint density at radius 1 is 0.359 bits per heavy atom. The Balaban J connectivity index is -0.000000120. The molecule has 14 N–H and O–H groups in total. The fraction of sp³-hybridized carbons (Fsp3) is 0.832. The zero-order valence-electron chi connectivity index (χ0n) is 92.3. The van der Waals surface area contributed by atoms with Gasteiger partial charge in [0.05, 0.1) is 83.7 Å². The first-order valence-corrected chi connectivity index (χ1v) is 52.1. The first-order valence-electron chi connectivity index (χ1n) is 43.9. The van der Waals surface area contributed by atoms with Crippen LogP contribution in [0, 0.1) is 86.6 Å². The first-order chi connectivity index (χ1) is 53.5. The van der Waals surface area contributed by atoms with E-state index in [1.807, 2.05) is 228 Å². The van der Waals surface area contributed by atoms with E-state index in [0.717, 1.165) is 17.3 Å². The van der Waals surface area contributed by atoms with E-state index in [0.29, 0.717) is 45.2 Å². The zero-order chi connectivity index (χ0) is 102. The number of hydrogen-bond donors (Lipinski definition) is 13. The second-order valence-electron chi connectivity index (χ2n) is 51.2. The third-order valence-corrected chi connectivity index (χ3v) is 26.4. The molecule has 2 radical (unpaired) electrons. The summed E-state index contributed by atoms with van der Waals surface area (Å²) in [4.78, 5) is 9.83. The van der Waals surface area contributed by atoms with Crippen LogP contribution >= 0.6 is 0 Å². The molecule has 0 saturated carbocycles. The van der Waals surface area contributed by atoms with Crippen molar-refractivity contribution in [1.82, 2.24) is 0 Å². The first kappa shape index (κ1) is 154. The van der Waals surface area contributed by atoms with Crippen molar-refractivity contribution in [3.8, 4) is 0 Å². The van der Waals surface area contributed by atoms with Gasteiger partial charge in [-0.25, -0.2) is 0 Å². The van der Waals surface area contributed by atoms with E-state index in [-0.39, 0.29) is 230 Å². The van der Waals surface area contributed by atoms with Crippen molar-refractivity contribution in [2.75, 3.05) is 27.4 Å². The molecule has 756 valence electrons. The van der Waals surface area contributed by atoms with E-state index < -0.39 is 64.7 Å². The number of methoxy groups -OCH3 is 2. The van der Waals surface area contributed by atoms with E-state index in [1.54, 1.807) is 61.8 Å². The topological polar surface area (TPSA) is 349 Å². The monoisotopic (exact) mass is 2440 g/mol. The summed E-state index contributed by atoms with van der Waals surface area (Å²) in [7, 11) is 3.13. The van der Waals surface area contributed by atoms with Gasteiger partial charge in [-0.3, -0.25) is 0 Å². The van der Waals surface area contributed by atoms with Crippen molar-refractivity contribution >= 4 is 55.0 Å². The second-order valence-corrected chi connectivity index (χ2v) is 59.5. The van der Waals surface area contributed by atoms with Crippen molar-refractivity contribution in [2.45, 2.75) is 434 Å². The number of rotatable bonds is 11. The number of ether oxygens (including phenoxy) is 2. The molecule has 0 aliphatic carbocycles. The molecule has 0 saturated heterocycles. The van der Waals surface area contributed by atoms with Crippen LogP contribution in [0.4, 0.5) is 0 Å². The summed E-state index contributed by atoms with van der Waals surface area (Å²) in [6.45, 7) is 107. The fourth-order valence-corrected chi connectivity index (χ4v) is 21.0. The quantitative estimate of drug-likeness (QED) is 0.0395. The normalized spacial score (nSPS) is 18.3. The average molecular weight is 2450 g/mol. The van der Waals surface area contributed by atoms with Crippen LogP contribution in [0.15, 0.2) is 94.7 Å². The smallest absolute Gasteiger partial charge is 0.0824 e. The van der Waals surface area contributed by atoms with Crippen LogP contribution in [0.1, 0.15) is 374 Å². The number of allylic oxidation sites excluding steroid dienone is 9. The maximum Gasteiger partial charge on any atom is 0.0824 e. The van der Waals surface area contributed by atoms with E-state index in [9.17, 15) is 55.9 Å². The molecular formula is C101H203O21Pb2Ti2Zr2+. The molecule has 2 aliphatic rings. The molecule has 27 heteroatoms. The largest absolute Gasteiger partial charge is 0.394 e. The van der Waals surface area contributed by atoms with Gasteiger partial charge in [-0.15, -0.1) is 0 Å². The number of carbonyl (C=O) groups excluding carboxylic acids is 1. The van der Waals surface area contributed by atoms with Gasteiger partial charge in [-0.1, -0.05) is 208 Å². The molecule has 2 rings (SSSR count). The van der Waals surface area contributed by atoms with Gasteiger partial charge in [0, 0.05) is 143 Å². The van der Waals surface area contributed by atoms with E-state index >= 15 is 0 Å². The molecule has 2 aliphatic heterocycles. The summed E-state index contributed by atoms with van der Waals surface area (Å²) in [5.74, 6) is 4.33. The van der Waals surface area contributed by atoms with Gasteiger partial charge in [0.25, 0.3) is 0 Å². The molecular weight excluding hydrogens is 2240 g/mol. The van der Waals surface area contributed by atoms with Crippen molar-refractivity contribution in [1.29, 1.82) is 0 Å². The average Bonchev–Trinajstić information content (AvgIpc) is 0.743. The summed E-state index contributed by atoms with van der Waals surface area (Å²) >= 11 is -4.04. The van der Waals surface area contributed by atoms with Gasteiger partial charge < -0.3 is 75.9 Å². The second kappa shape index (κ2) is 61.3. The van der Waals surface area contributed by atoms with Crippen molar-refractivity contribution < 1.29 is 190 Å². The Kier molecular flexibility index (Phi) is 73.7. The van der Waals surface area contributed by atoms with Gasteiger partial charge in [-0.2, -0.15) is 0 Å². The van der Waals surface area contributed by atoms with Crippen LogP contribution in [-0.4, -0.2) is 214 Å². The maximum atomic E-state index is 9.83. The number of aliphatic hydroxyl groups is 13. The van der Waals surface area contributed by atoms with Gasteiger partial charge in [-0.05, 0) is 99.0 Å². The molecule has 0 amide bonds. The van der Waals surface area contributed by atoms with E-state index in [4.69, 9.17) is 28.8 Å². The standard InChI is InChI=1S/5C11H22O2.2C11H21O2.C11H20O2.2C5H12O2.C3H8O.2Pb.2Ti.2Zr.H/c8*1-10(2,3)8(12)7-9(13)11(4,5)6;2*1-5(2,6)4-7-3;1-3(2)4;;;;;;;/h5*7-8,12-13H,1-6H3;2*7-8,13H,1-6H3;7,12H,1-6H3;2*6H,4H2,1-3H3;3-4H,1-2H3;;;;;;;/q;;;;;2*-1;;;;;+1;+4;;;;;/p-2. The Labute approximate surface area is 878 Å². The van der Waals surface area contributed by atoms with Crippen LogP contribution in [0.2, 0.25) is 0 Å². The molecule has 0 aromatic heterocycles. The van der Waals surface area contributed by atoms with Crippen LogP contribution in [-0.2, 0) is 119 Å². The Morgan fingerprint density at radius 2 is 0.531 bits per heavy atom. The van der Waals surface area contributed by atoms with Crippen molar-refractivity contribution in [3.63, 3.8) is 0 Å². The molecule has 128 heavy (non-hydrogen) atoms. The Hall–Kier alpha value is 0.549. The summed E-state index contributed by atoms with van der Waals surface area (Å²) in [6, 6.07) is 0. The maximum absolute atomic E-state index is 9.83. The minimum Gasteiger partial charge on any atom is -0.394 e. The third-order valence-electron chi connectivity index (χ3n) is 17.6. The Morgan fingerprint density at radius 3 is 0.625 bits per heavy atom. The number of hydrogen-bond acceptors (Lipinski definition) is 20. The van der Waals surface area contributed by atoms with Gasteiger partial charge in [0.2, 0.25) is 0 Å². The number of aliphatic hydroxyl groups excluding tert-OH is 11. The molecule has 0 fully saturated rings. The van der Waals surface area contributed by atoms with Gasteiger partial charge in [0.15, 0.2) is 0 Å². The SMILES string of the molecule is CC(C)(C)C(=[OH+])C=C([O][PbH])C(C)(C)C.CC(C)(C)C(O)=CC(O)C(C)(C)C.CC(C)(C)C(O)=CC(O)C(C)(C)C.CC(C)(C)C(O)=CC(O)C(C)(C)C.CC(C)(C)C(O)=CC(O)C(C)(C)C.CC(C)(C)C(O)=CC(O)C(C)(C)C.CC(C)(C)C1=CC(C(C)(C)C)[O][Pb]2([O]1)[O]C(C(C)(C)C)=CC(C(C)(C)C)[O]2.CC(C)O.COCC(C)(C)O.COCC(C)(C)O.[Ti].[Ti].[Zr].[Zr]. The molecule has 21 nitrogen and oxygen atoms in total. The summed E-state index contributed by atoms with van der Waals surface area (Å²) in [5.41, 5.74) is -4.53. The van der Waals surface area contributed by atoms with Gasteiger partial charge >= 0.3 is 278 Å². The molecule has 2 heterocycles. The molecule has 7 atom stereocenters. The van der Waals surface area contributed by atoms with Crippen LogP contribution in [0.25, 0.3) is 0 Å². The zero-order valence-corrected chi connectivity index (χ0v) is 109. The fourth-order valence-electron chi connectivity index (χ4n) is 7.52. The van der Waals surface area contributed by atoms with Crippen LogP contribution < -0.4 is 0 Å². The molecule has 7 unspecified atom stereocenters. The number of ketones is 1. The minimum absolute atomic E-state index is 0. The van der Waals surface area contributed by atoms with E-state index in [2.05, 4.69) is 125 Å². The van der Waals surface area contributed by atoms with E-state index in [1.165, 1.54) is 30.4 Å². The van der Waals surface area contributed by atoms with Crippen LogP contribution in [0.5, 0.6) is 0 Å². The van der Waals surface area contributed by atoms with Crippen molar-refractivity contribution in [3.05, 3.63) is 94.7 Å². The molecule has 0 bridgehead atoms. The Bertz CT molecular complexity index is 2920. The summed E-state index contributed by atoms with van der Waals surface area (Å²) < 4.78 is 41.0. The van der Waals surface area contributed by atoms with Gasteiger partial charge in [0.1, 0.15) is 0 Å². The predicted molar refractivity (Wildman–Crippen MR) is 526 cm³/mol. The van der Waals surface area contributed by atoms with Crippen LogP contribution in [0.3, 0.4) is 0 Å². The third kappa shape index (κ3) is 79.4. The molecule has 0 aromatic carbocycles.